The summed E-state index contributed by atoms with van der Waals surface area (Å²) in [4.78, 5) is 36.4. The summed E-state index contributed by atoms with van der Waals surface area (Å²) in [6.45, 7) is 0.565. The second kappa shape index (κ2) is 9.82. The van der Waals surface area contributed by atoms with E-state index in [0.29, 0.717) is 35.6 Å². The summed E-state index contributed by atoms with van der Waals surface area (Å²) in [6, 6.07) is 32.0. The van der Waals surface area contributed by atoms with Crippen LogP contribution in [-0.4, -0.2) is 28.3 Å². The van der Waals surface area contributed by atoms with Crippen molar-refractivity contribution in [2.75, 3.05) is 16.8 Å². The zero-order valence-electron chi connectivity index (χ0n) is 21.6. The van der Waals surface area contributed by atoms with E-state index in [1.165, 1.54) is 0 Å². The molecule has 1 aromatic heterocycles. The molecule has 0 saturated heterocycles. The predicted molar refractivity (Wildman–Crippen MR) is 150 cm³/mol. The van der Waals surface area contributed by atoms with Crippen LogP contribution in [0.3, 0.4) is 0 Å². The van der Waals surface area contributed by atoms with E-state index in [9.17, 15) is 9.59 Å². The number of nitrogens with one attached hydrogen (secondary N) is 2. The van der Waals surface area contributed by atoms with Gasteiger partial charge in [-0.05, 0) is 54.4 Å². The number of H-pyrrole nitrogens is 1. The van der Waals surface area contributed by atoms with Crippen molar-refractivity contribution < 1.29 is 11.0 Å². The first-order valence-corrected chi connectivity index (χ1v) is 12.5. The minimum atomic E-state index is -0.212. The molecule has 0 unspecified atom stereocenters. The van der Waals surface area contributed by atoms with Gasteiger partial charge in [0.1, 0.15) is 5.82 Å². The number of aryl methyl sites for hydroxylation is 1. The van der Waals surface area contributed by atoms with E-state index in [1.54, 1.807) is 29.2 Å². The molecule has 5 aromatic rings. The Morgan fingerprint density at radius 3 is 2.37 bits per heavy atom. The fraction of sp³-hybridized carbons (Fsp3) is 0.0938. The smallest absolute Gasteiger partial charge is 0.258 e. The Labute approximate surface area is 222 Å². The topological polar surface area (TPSA) is 78.1 Å². The molecule has 6 nitrogen and oxygen atoms in total. The lowest BCUT2D eigenvalue weighted by Crippen LogP contribution is -2.32. The van der Waals surface area contributed by atoms with Gasteiger partial charge in [-0.2, -0.15) is 0 Å². The first-order valence-electron chi connectivity index (χ1n) is 13.2. The summed E-state index contributed by atoms with van der Waals surface area (Å²) in [7, 11) is 0. The number of fused-ring (bicyclic) bond motifs is 3. The first kappa shape index (κ1) is 22.2. The Kier molecular flexibility index (Phi) is 5.75. The highest BCUT2D eigenvalue weighted by atomic mass is 16.2. The Balaban J connectivity index is 1.23. The van der Waals surface area contributed by atoms with Gasteiger partial charge in [0.05, 0.1) is 11.4 Å². The number of aromatic nitrogens is 2. The highest BCUT2D eigenvalue weighted by Gasteiger charge is 2.26. The van der Waals surface area contributed by atoms with E-state index in [2.05, 4.69) is 15.3 Å². The molecule has 38 heavy (non-hydrogen) atoms. The number of rotatable bonds is 4. The Bertz CT molecular complexity index is 1660. The van der Waals surface area contributed by atoms with Crippen molar-refractivity contribution in [1.29, 1.82) is 0 Å². The van der Waals surface area contributed by atoms with E-state index in [0.717, 1.165) is 33.8 Å². The van der Waals surface area contributed by atoms with E-state index < -0.39 is 0 Å². The van der Waals surface area contributed by atoms with Gasteiger partial charge in [0.25, 0.3) is 11.8 Å². The molecule has 2 amide bonds. The molecular weight excluding hydrogens is 472 g/mol. The standard InChI is InChI=1S/C32H26N4O2/c1-21-33-28-19-20-36(29-14-8-7-13-27(29)30(28)34-21)32(38)23-15-17-24(18-16-23)35-31(37)26-12-6-5-11-25(26)22-9-3-2-4-10-22/h2-18H,19-20H2,1H3,(H,33,34)(H,35,37)/i1D. The van der Waals surface area contributed by atoms with E-state index in [1.807, 2.05) is 78.9 Å². The molecule has 0 aliphatic carbocycles. The molecule has 1 aliphatic rings. The molecule has 0 spiro atoms. The molecule has 6 rings (SSSR count). The van der Waals surface area contributed by atoms with Crippen LogP contribution in [0.5, 0.6) is 0 Å². The van der Waals surface area contributed by atoms with Crippen LogP contribution in [0.15, 0.2) is 103 Å². The van der Waals surface area contributed by atoms with Gasteiger partial charge in [-0.25, -0.2) is 4.98 Å². The van der Waals surface area contributed by atoms with Gasteiger partial charge in [-0.3, -0.25) is 9.59 Å². The van der Waals surface area contributed by atoms with E-state index in [-0.39, 0.29) is 18.7 Å². The molecule has 2 heterocycles. The molecule has 0 atom stereocenters. The molecule has 4 aromatic carbocycles. The summed E-state index contributed by atoms with van der Waals surface area (Å²) < 4.78 is 7.66. The molecule has 1 aliphatic heterocycles. The average Bonchev–Trinajstić information content (AvgIpc) is 3.35. The van der Waals surface area contributed by atoms with Gasteiger partial charge in [0, 0.05) is 42.4 Å². The quantitative estimate of drug-likeness (QED) is 0.296. The van der Waals surface area contributed by atoms with Crippen LogP contribution in [0.2, 0.25) is 0 Å². The Hall–Kier alpha value is -4.97. The Morgan fingerprint density at radius 2 is 1.58 bits per heavy atom. The molecule has 186 valence electrons. The normalized spacial score (nSPS) is 12.6. The minimum absolute atomic E-state index is 0.0819. The number of benzene rings is 4. The van der Waals surface area contributed by atoms with Crippen LogP contribution in [0, 0.1) is 6.90 Å². The van der Waals surface area contributed by atoms with Crippen molar-refractivity contribution in [1.82, 2.24) is 9.97 Å². The van der Waals surface area contributed by atoms with Crippen molar-refractivity contribution >= 4 is 23.2 Å². The number of aromatic amines is 1. The number of imidazole rings is 1. The number of hydrogen-bond donors (Lipinski definition) is 2. The number of anilines is 2. The first-order chi connectivity index (χ1) is 19.1. The second-order valence-corrected chi connectivity index (χ2v) is 9.18. The number of carbonyl (C=O) groups is 2. The summed E-state index contributed by atoms with van der Waals surface area (Å²) in [5.74, 6) is 0.287. The van der Waals surface area contributed by atoms with Gasteiger partial charge in [0.15, 0.2) is 0 Å². The lowest BCUT2D eigenvalue weighted by atomic mass is 9.99. The van der Waals surface area contributed by atoms with Crippen LogP contribution in [0.1, 0.15) is 33.6 Å². The predicted octanol–water partition coefficient (Wildman–Crippen LogP) is 6.51. The summed E-state index contributed by atoms with van der Waals surface area (Å²) in [5, 5.41) is 2.97. The monoisotopic (exact) mass is 499 g/mol. The zero-order valence-corrected chi connectivity index (χ0v) is 20.6. The van der Waals surface area contributed by atoms with Gasteiger partial charge in [-0.1, -0.05) is 66.7 Å². The largest absolute Gasteiger partial charge is 0.346 e. The number of carbonyl (C=O) groups excluding carboxylic acids is 2. The fourth-order valence-corrected chi connectivity index (χ4v) is 4.93. The SMILES string of the molecule is [2H]Cc1nc2c([nH]1)CCN(C(=O)c1ccc(NC(=O)c3ccccc3-c3ccccc3)cc1)c1ccccc1-2. The maximum absolute atomic E-state index is 13.6. The number of hydrogen-bond acceptors (Lipinski definition) is 3. The van der Waals surface area contributed by atoms with Crippen molar-refractivity contribution in [2.45, 2.75) is 13.3 Å². The molecule has 0 saturated carbocycles. The molecule has 0 fully saturated rings. The maximum Gasteiger partial charge on any atom is 0.258 e. The highest BCUT2D eigenvalue weighted by Crippen LogP contribution is 2.36. The van der Waals surface area contributed by atoms with Gasteiger partial charge >= 0.3 is 0 Å². The minimum Gasteiger partial charge on any atom is -0.346 e. The van der Waals surface area contributed by atoms with Crippen molar-refractivity contribution in [3.05, 3.63) is 126 Å². The van der Waals surface area contributed by atoms with Gasteiger partial charge in [-0.15, -0.1) is 0 Å². The fourth-order valence-electron chi connectivity index (χ4n) is 4.93. The molecule has 0 radical (unpaired) electrons. The highest BCUT2D eigenvalue weighted by molar-refractivity contribution is 6.10. The summed E-state index contributed by atoms with van der Waals surface area (Å²) >= 11 is 0. The third kappa shape index (κ3) is 4.37. The number of amides is 2. The van der Waals surface area contributed by atoms with Gasteiger partial charge < -0.3 is 15.2 Å². The average molecular weight is 500 g/mol. The lowest BCUT2D eigenvalue weighted by Gasteiger charge is -2.23. The van der Waals surface area contributed by atoms with E-state index in [4.69, 9.17) is 1.37 Å². The van der Waals surface area contributed by atoms with Gasteiger partial charge in [0.2, 0.25) is 0 Å². The van der Waals surface area contributed by atoms with Crippen LogP contribution < -0.4 is 10.2 Å². The summed E-state index contributed by atoms with van der Waals surface area (Å²) in [6.07, 6.45) is 0.609. The Morgan fingerprint density at radius 1 is 0.868 bits per heavy atom. The van der Waals surface area contributed by atoms with Crippen LogP contribution in [0.4, 0.5) is 11.4 Å². The third-order valence-corrected chi connectivity index (χ3v) is 6.75. The third-order valence-electron chi connectivity index (χ3n) is 6.75. The molecule has 2 N–H and O–H groups in total. The van der Waals surface area contributed by atoms with Crippen molar-refractivity contribution in [2.24, 2.45) is 0 Å². The van der Waals surface area contributed by atoms with Crippen LogP contribution >= 0.6 is 0 Å². The number of para-hydroxylation sites is 1. The maximum atomic E-state index is 13.6. The molecule has 6 heteroatoms. The van der Waals surface area contributed by atoms with Crippen molar-refractivity contribution in [3.8, 4) is 22.4 Å². The van der Waals surface area contributed by atoms with Crippen LogP contribution in [0.25, 0.3) is 22.4 Å². The lowest BCUT2D eigenvalue weighted by molar-refractivity contribution is 0.0986. The number of nitrogens with zero attached hydrogens (tertiary/aromatic N) is 2. The van der Waals surface area contributed by atoms with E-state index >= 15 is 0 Å². The second-order valence-electron chi connectivity index (χ2n) is 9.18. The zero-order chi connectivity index (χ0) is 26.8. The summed E-state index contributed by atoms with van der Waals surface area (Å²) in [5.41, 5.74) is 6.95. The van der Waals surface area contributed by atoms with Crippen molar-refractivity contribution in [3.63, 3.8) is 0 Å². The molecular formula is C32H26N4O2. The molecule has 0 bridgehead atoms. The van der Waals surface area contributed by atoms with Crippen LogP contribution in [-0.2, 0) is 6.42 Å².